The summed E-state index contributed by atoms with van der Waals surface area (Å²) in [6, 6.07) is 15.0. The van der Waals surface area contributed by atoms with Gasteiger partial charge in [-0.3, -0.25) is 14.5 Å². The summed E-state index contributed by atoms with van der Waals surface area (Å²) >= 11 is 0. The normalized spacial score (nSPS) is 13.5. The van der Waals surface area contributed by atoms with E-state index in [0.29, 0.717) is 11.1 Å². The first-order valence-electron chi connectivity index (χ1n) is 13.4. The smallest absolute Gasteiger partial charge is 0.408 e. The highest BCUT2D eigenvalue weighted by Gasteiger charge is 2.37. The second-order valence-electron chi connectivity index (χ2n) is 11.7. The number of benzene rings is 2. The molecule has 0 radical (unpaired) electrons. The zero-order chi connectivity index (χ0) is 31.0. The van der Waals surface area contributed by atoms with E-state index in [1.54, 1.807) is 72.7 Å². The number of carbonyl (C=O) groups is 4. The highest BCUT2D eigenvalue weighted by molar-refractivity contribution is 5.95. The molecule has 0 saturated carbocycles. The van der Waals surface area contributed by atoms with Crippen LogP contribution in [0.5, 0.6) is 0 Å². The van der Waals surface area contributed by atoms with Crippen LogP contribution in [0.1, 0.15) is 71.2 Å². The minimum Gasteiger partial charge on any atom is -0.458 e. The van der Waals surface area contributed by atoms with Gasteiger partial charge >= 0.3 is 12.1 Å². The van der Waals surface area contributed by atoms with Crippen molar-refractivity contribution >= 4 is 23.9 Å². The summed E-state index contributed by atoms with van der Waals surface area (Å²) in [5.74, 6) is -2.02. The number of nitrogens with zero attached hydrogens (tertiary/aromatic N) is 1. The van der Waals surface area contributed by atoms with Crippen LogP contribution in [0.3, 0.4) is 0 Å². The molecule has 0 fully saturated rings. The van der Waals surface area contributed by atoms with E-state index in [4.69, 9.17) is 15.9 Å². The second-order valence-corrected chi connectivity index (χ2v) is 11.7. The fourth-order valence-corrected chi connectivity index (χ4v) is 3.98. The van der Waals surface area contributed by atoms with Crippen molar-refractivity contribution in [3.63, 3.8) is 0 Å². The van der Waals surface area contributed by atoms with Crippen LogP contribution in [0.15, 0.2) is 54.6 Å². The molecular formula is C32H41N3O6. The molecule has 0 aliphatic rings. The Labute approximate surface area is 243 Å². The van der Waals surface area contributed by atoms with Gasteiger partial charge in [0.15, 0.2) is 0 Å². The van der Waals surface area contributed by atoms with Gasteiger partial charge in [0, 0.05) is 12.5 Å². The average Bonchev–Trinajstić information content (AvgIpc) is 2.85. The van der Waals surface area contributed by atoms with Crippen LogP contribution >= 0.6 is 0 Å². The topological polar surface area (TPSA) is 114 Å². The summed E-state index contributed by atoms with van der Waals surface area (Å²) in [4.78, 5) is 54.0. The summed E-state index contributed by atoms with van der Waals surface area (Å²) in [5, 5.41) is 5.25. The maximum Gasteiger partial charge on any atom is 0.408 e. The summed E-state index contributed by atoms with van der Waals surface area (Å²) < 4.78 is 10.9. The minimum atomic E-state index is -1.31. The van der Waals surface area contributed by atoms with E-state index in [-0.39, 0.29) is 6.42 Å². The Bertz CT molecular complexity index is 1270. The molecule has 41 heavy (non-hydrogen) atoms. The Morgan fingerprint density at radius 2 is 1.44 bits per heavy atom. The zero-order valence-corrected chi connectivity index (χ0v) is 25.1. The second kappa shape index (κ2) is 13.8. The molecular weight excluding hydrogens is 522 g/mol. The fraction of sp³-hybridized carbons (Fsp3) is 0.438. The summed E-state index contributed by atoms with van der Waals surface area (Å²) in [5.41, 5.74) is 0.387. The van der Waals surface area contributed by atoms with Crippen molar-refractivity contribution in [2.45, 2.75) is 91.1 Å². The molecule has 3 atom stereocenters. The number of alkyl carbamates (subject to hydrolysis) is 1. The average molecular weight is 564 g/mol. The Morgan fingerprint density at radius 3 is 1.98 bits per heavy atom. The number of terminal acetylenes is 1. The summed E-state index contributed by atoms with van der Waals surface area (Å²) in [6.45, 7) is 13.5. The SMILES string of the molecule is C#CN(C(=O)C(C)NC(=O)OC(C)(C)C)C(C(=O)NC(Cc1ccccc1)C(=O)OC(C)(C)C)c1ccccc1C. The van der Waals surface area contributed by atoms with Crippen LogP contribution in [0, 0.1) is 19.4 Å². The molecule has 220 valence electrons. The third-order valence-electron chi connectivity index (χ3n) is 5.76. The number of carbonyl (C=O) groups excluding carboxylic acids is 4. The highest BCUT2D eigenvalue weighted by Crippen LogP contribution is 2.25. The van der Waals surface area contributed by atoms with E-state index in [0.717, 1.165) is 10.5 Å². The quantitative estimate of drug-likeness (QED) is 0.265. The lowest BCUT2D eigenvalue weighted by molar-refractivity contribution is -0.159. The first kappa shape index (κ1) is 32.9. The minimum absolute atomic E-state index is 0.155. The van der Waals surface area contributed by atoms with Crippen LogP contribution in [-0.2, 0) is 30.3 Å². The number of esters is 1. The van der Waals surface area contributed by atoms with Crippen LogP contribution in [0.2, 0.25) is 0 Å². The monoisotopic (exact) mass is 563 g/mol. The maximum atomic E-state index is 14.0. The number of aryl methyl sites for hydroxylation is 1. The van der Waals surface area contributed by atoms with Crippen molar-refractivity contribution in [2.24, 2.45) is 0 Å². The first-order valence-corrected chi connectivity index (χ1v) is 13.4. The van der Waals surface area contributed by atoms with Gasteiger partial charge in [-0.25, -0.2) is 9.59 Å². The van der Waals surface area contributed by atoms with Gasteiger partial charge in [-0.15, -0.1) is 0 Å². The van der Waals surface area contributed by atoms with Gasteiger partial charge in [0.05, 0.1) is 0 Å². The third-order valence-corrected chi connectivity index (χ3v) is 5.76. The molecule has 3 amide bonds. The van der Waals surface area contributed by atoms with Gasteiger partial charge < -0.3 is 20.1 Å². The van der Waals surface area contributed by atoms with Gasteiger partial charge in [0.25, 0.3) is 5.91 Å². The number of amides is 3. The molecule has 2 N–H and O–H groups in total. The molecule has 0 saturated heterocycles. The number of nitrogens with one attached hydrogen (secondary N) is 2. The molecule has 0 heterocycles. The van der Waals surface area contributed by atoms with E-state index >= 15 is 0 Å². The lowest BCUT2D eigenvalue weighted by Gasteiger charge is -2.31. The predicted molar refractivity (Wildman–Crippen MR) is 156 cm³/mol. The lowest BCUT2D eigenvalue weighted by atomic mass is 9.97. The van der Waals surface area contributed by atoms with E-state index in [1.165, 1.54) is 6.92 Å². The molecule has 0 spiro atoms. The predicted octanol–water partition coefficient (Wildman–Crippen LogP) is 4.44. The van der Waals surface area contributed by atoms with Gasteiger partial charge in [-0.2, -0.15) is 0 Å². The van der Waals surface area contributed by atoms with Crippen molar-refractivity contribution in [1.82, 2.24) is 15.5 Å². The largest absolute Gasteiger partial charge is 0.458 e. The Kier molecular flexibility index (Phi) is 11.1. The van der Waals surface area contributed by atoms with Crippen LogP contribution in [-0.4, -0.2) is 52.1 Å². The molecule has 3 unspecified atom stereocenters. The Balaban J connectivity index is 2.45. The molecule has 0 aromatic heterocycles. The van der Waals surface area contributed by atoms with Crippen molar-refractivity contribution in [3.8, 4) is 12.5 Å². The Morgan fingerprint density at radius 1 is 0.878 bits per heavy atom. The molecule has 0 aliphatic carbocycles. The molecule has 2 rings (SSSR count). The number of rotatable bonds is 9. The van der Waals surface area contributed by atoms with Crippen molar-refractivity contribution < 1.29 is 28.7 Å². The van der Waals surface area contributed by atoms with E-state index in [9.17, 15) is 19.2 Å². The van der Waals surface area contributed by atoms with Gasteiger partial charge in [-0.1, -0.05) is 61.0 Å². The van der Waals surface area contributed by atoms with Crippen LogP contribution in [0.4, 0.5) is 4.79 Å². The van der Waals surface area contributed by atoms with Crippen molar-refractivity contribution in [1.29, 1.82) is 0 Å². The molecule has 9 nitrogen and oxygen atoms in total. The van der Waals surface area contributed by atoms with Gasteiger partial charge in [0.2, 0.25) is 5.91 Å². The summed E-state index contributed by atoms with van der Waals surface area (Å²) in [7, 11) is 0. The van der Waals surface area contributed by atoms with Gasteiger partial charge in [0.1, 0.15) is 29.3 Å². The third kappa shape index (κ3) is 10.3. The number of hydrogen-bond acceptors (Lipinski definition) is 6. The lowest BCUT2D eigenvalue weighted by Crippen LogP contribution is -2.53. The fourth-order valence-electron chi connectivity index (χ4n) is 3.98. The number of ether oxygens (including phenoxy) is 2. The Hall–Kier alpha value is -4.32. The van der Waals surface area contributed by atoms with E-state index in [1.807, 2.05) is 30.3 Å². The van der Waals surface area contributed by atoms with E-state index in [2.05, 4.69) is 16.7 Å². The van der Waals surface area contributed by atoms with E-state index < -0.39 is 53.2 Å². The molecule has 0 aliphatic heterocycles. The molecule has 0 bridgehead atoms. The van der Waals surface area contributed by atoms with Crippen molar-refractivity contribution in [2.75, 3.05) is 0 Å². The van der Waals surface area contributed by atoms with Crippen LogP contribution < -0.4 is 10.6 Å². The molecule has 9 heteroatoms. The summed E-state index contributed by atoms with van der Waals surface area (Å²) in [6.07, 6.45) is 5.16. The standard InChI is InChI=1S/C32H41N3O6/c1-10-35(28(37)22(3)33-30(39)41-32(7,8)9)26(24-19-15-14-16-21(24)2)27(36)34-25(29(38)40-31(4,5)6)20-23-17-12-11-13-18-23/h1,11-19,22,25-26H,20H2,2-9H3,(H,33,39)(H,34,36). The molecule has 2 aromatic carbocycles. The first-order chi connectivity index (χ1) is 19.0. The maximum absolute atomic E-state index is 14.0. The molecule has 2 aromatic rings. The van der Waals surface area contributed by atoms with Gasteiger partial charge in [-0.05, 0) is 72.1 Å². The highest BCUT2D eigenvalue weighted by atomic mass is 16.6. The van der Waals surface area contributed by atoms with Crippen LogP contribution in [0.25, 0.3) is 0 Å². The van der Waals surface area contributed by atoms with Crippen molar-refractivity contribution in [3.05, 3.63) is 71.3 Å². The number of hydrogen-bond donors (Lipinski definition) is 2. The zero-order valence-electron chi connectivity index (χ0n) is 25.1.